The highest BCUT2D eigenvalue weighted by Crippen LogP contribution is 2.39. The van der Waals surface area contributed by atoms with Gasteiger partial charge in [-0.1, -0.05) is 30.3 Å². The molecule has 0 saturated carbocycles. The standard InChI is InChI=1S/C22H28N2O2.ClH/c1-15-8-17-9-20(25-2)10-18(22(17)26-15)12-24-13-19(11-23)21(14-24)16-6-4-3-5-7-16;/h3-7,9-10,15,19,21H,8,11-14,23H2,1-2H3;1H/t15?,19-,21+;/m1./s1. The summed E-state index contributed by atoms with van der Waals surface area (Å²) < 4.78 is 11.6. The molecule has 2 N–H and O–H groups in total. The lowest BCUT2D eigenvalue weighted by Gasteiger charge is -2.19. The Bertz CT molecular complexity index is 768. The Morgan fingerprint density at radius 3 is 2.67 bits per heavy atom. The number of hydrogen-bond acceptors (Lipinski definition) is 4. The van der Waals surface area contributed by atoms with E-state index in [1.54, 1.807) is 7.11 Å². The van der Waals surface area contributed by atoms with Gasteiger partial charge in [0.1, 0.15) is 17.6 Å². The second-order valence-corrected chi connectivity index (χ2v) is 7.61. The minimum Gasteiger partial charge on any atom is -0.497 e. The van der Waals surface area contributed by atoms with Gasteiger partial charge in [0.2, 0.25) is 0 Å². The molecule has 2 aliphatic heterocycles. The molecule has 146 valence electrons. The highest BCUT2D eigenvalue weighted by atomic mass is 35.5. The van der Waals surface area contributed by atoms with E-state index >= 15 is 0 Å². The number of ether oxygens (including phenoxy) is 2. The summed E-state index contributed by atoms with van der Waals surface area (Å²) in [6.45, 7) is 5.79. The van der Waals surface area contributed by atoms with Gasteiger partial charge in [0.15, 0.2) is 0 Å². The lowest BCUT2D eigenvalue weighted by molar-refractivity contribution is 0.245. The molecule has 0 radical (unpaired) electrons. The van der Waals surface area contributed by atoms with E-state index in [0.29, 0.717) is 11.8 Å². The fourth-order valence-corrected chi connectivity index (χ4v) is 4.46. The molecule has 5 heteroatoms. The number of rotatable bonds is 5. The summed E-state index contributed by atoms with van der Waals surface area (Å²) >= 11 is 0. The summed E-state index contributed by atoms with van der Waals surface area (Å²) in [4.78, 5) is 2.51. The van der Waals surface area contributed by atoms with Crippen LogP contribution in [-0.4, -0.2) is 37.7 Å². The molecule has 1 saturated heterocycles. The first-order valence-electron chi connectivity index (χ1n) is 9.51. The normalized spacial score (nSPS) is 24.2. The van der Waals surface area contributed by atoms with Crippen LogP contribution in [0.4, 0.5) is 0 Å². The van der Waals surface area contributed by atoms with Gasteiger partial charge < -0.3 is 15.2 Å². The van der Waals surface area contributed by atoms with Gasteiger partial charge in [-0.05, 0) is 37.1 Å². The van der Waals surface area contributed by atoms with Gasteiger partial charge in [-0.3, -0.25) is 4.90 Å². The van der Waals surface area contributed by atoms with Crippen LogP contribution in [0, 0.1) is 5.92 Å². The van der Waals surface area contributed by atoms with Crippen LogP contribution in [-0.2, 0) is 13.0 Å². The van der Waals surface area contributed by atoms with Crippen molar-refractivity contribution < 1.29 is 9.47 Å². The van der Waals surface area contributed by atoms with E-state index in [2.05, 4.69) is 54.3 Å². The molecule has 2 aliphatic rings. The summed E-state index contributed by atoms with van der Waals surface area (Å²) in [5.74, 6) is 2.98. The monoisotopic (exact) mass is 388 g/mol. The Hall–Kier alpha value is -1.75. The van der Waals surface area contributed by atoms with Crippen LogP contribution in [0.15, 0.2) is 42.5 Å². The molecule has 4 rings (SSSR count). The second kappa shape index (κ2) is 8.51. The van der Waals surface area contributed by atoms with Crippen molar-refractivity contribution in [3.63, 3.8) is 0 Å². The minimum absolute atomic E-state index is 0. The lowest BCUT2D eigenvalue weighted by atomic mass is 9.89. The van der Waals surface area contributed by atoms with Crippen LogP contribution in [0.25, 0.3) is 0 Å². The summed E-state index contributed by atoms with van der Waals surface area (Å²) in [5.41, 5.74) is 9.99. The molecule has 27 heavy (non-hydrogen) atoms. The number of nitrogens with two attached hydrogens (primary N) is 1. The molecule has 3 atom stereocenters. The number of hydrogen-bond donors (Lipinski definition) is 1. The second-order valence-electron chi connectivity index (χ2n) is 7.61. The van der Waals surface area contributed by atoms with Crippen molar-refractivity contribution >= 4 is 12.4 Å². The van der Waals surface area contributed by atoms with E-state index in [9.17, 15) is 0 Å². The van der Waals surface area contributed by atoms with Crippen molar-refractivity contribution in [1.29, 1.82) is 0 Å². The van der Waals surface area contributed by atoms with Crippen molar-refractivity contribution in [2.45, 2.75) is 31.9 Å². The molecular weight excluding hydrogens is 360 g/mol. The van der Waals surface area contributed by atoms with Crippen molar-refractivity contribution in [2.24, 2.45) is 11.7 Å². The third kappa shape index (κ3) is 4.08. The topological polar surface area (TPSA) is 47.7 Å². The van der Waals surface area contributed by atoms with Crippen LogP contribution in [0.3, 0.4) is 0 Å². The first-order chi connectivity index (χ1) is 12.7. The Balaban J connectivity index is 0.00000210. The van der Waals surface area contributed by atoms with Gasteiger partial charge in [-0.15, -0.1) is 12.4 Å². The third-order valence-electron chi connectivity index (χ3n) is 5.72. The number of likely N-dealkylation sites (tertiary alicyclic amines) is 1. The lowest BCUT2D eigenvalue weighted by Crippen LogP contribution is -2.23. The molecule has 2 heterocycles. The summed E-state index contributed by atoms with van der Waals surface area (Å²) in [6.07, 6.45) is 1.20. The van der Waals surface area contributed by atoms with Crippen molar-refractivity contribution in [3.8, 4) is 11.5 Å². The average molecular weight is 389 g/mol. The molecule has 1 unspecified atom stereocenters. The number of nitrogens with zero attached hydrogens (tertiary/aromatic N) is 1. The molecule has 0 amide bonds. The number of fused-ring (bicyclic) bond motifs is 1. The fourth-order valence-electron chi connectivity index (χ4n) is 4.46. The molecule has 0 bridgehead atoms. The van der Waals surface area contributed by atoms with Gasteiger partial charge in [0, 0.05) is 43.1 Å². The Kier molecular flexibility index (Phi) is 6.30. The van der Waals surface area contributed by atoms with E-state index in [4.69, 9.17) is 15.2 Å². The maximum Gasteiger partial charge on any atom is 0.127 e. The maximum absolute atomic E-state index is 6.11. The SMILES string of the molecule is COc1cc2c(c(CN3C[C@@H](CN)[C@H](c4ccccc4)C3)c1)OC(C)C2.Cl. The predicted octanol–water partition coefficient (Wildman–Crippen LogP) is 3.61. The van der Waals surface area contributed by atoms with Gasteiger partial charge in [0.25, 0.3) is 0 Å². The minimum atomic E-state index is 0. The number of halogens is 1. The van der Waals surface area contributed by atoms with Gasteiger partial charge in [-0.25, -0.2) is 0 Å². The van der Waals surface area contributed by atoms with E-state index in [0.717, 1.165) is 44.1 Å². The predicted molar refractivity (Wildman–Crippen MR) is 111 cm³/mol. The van der Waals surface area contributed by atoms with Crippen molar-refractivity contribution in [1.82, 2.24) is 4.90 Å². The Morgan fingerprint density at radius 2 is 1.96 bits per heavy atom. The zero-order valence-electron chi connectivity index (χ0n) is 16.1. The molecule has 2 aromatic rings. The molecule has 0 aromatic heterocycles. The van der Waals surface area contributed by atoms with E-state index in [1.165, 1.54) is 16.7 Å². The average Bonchev–Trinajstić information content (AvgIpc) is 3.24. The third-order valence-corrected chi connectivity index (χ3v) is 5.72. The van der Waals surface area contributed by atoms with Crippen molar-refractivity contribution in [2.75, 3.05) is 26.7 Å². The number of methoxy groups -OCH3 is 1. The number of benzene rings is 2. The molecule has 0 spiro atoms. The van der Waals surface area contributed by atoms with Crippen LogP contribution in [0.1, 0.15) is 29.5 Å². The molecule has 2 aromatic carbocycles. The maximum atomic E-state index is 6.11. The summed E-state index contributed by atoms with van der Waals surface area (Å²) in [7, 11) is 1.73. The first-order valence-corrected chi connectivity index (χ1v) is 9.51. The Labute approximate surface area is 168 Å². The smallest absolute Gasteiger partial charge is 0.127 e. The van der Waals surface area contributed by atoms with Gasteiger partial charge >= 0.3 is 0 Å². The first kappa shape index (κ1) is 20.0. The highest BCUT2D eigenvalue weighted by Gasteiger charge is 2.34. The fraction of sp³-hybridized carbons (Fsp3) is 0.455. The van der Waals surface area contributed by atoms with Crippen LogP contribution >= 0.6 is 12.4 Å². The van der Waals surface area contributed by atoms with Crippen molar-refractivity contribution in [3.05, 3.63) is 59.2 Å². The van der Waals surface area contributed by atoms with E-state index < -0.39 is 0 Å². The van der Waals surface area contributed by atoms with Crippen LogP contribution in [0.5, 0.6) is 11.5 Å². The molecule has 0 aliphatic carbocycles. The largest absolute Gasteiger partial charge is 0.497 e. The summed E-state index contributed by atoms with van der Waals surface area (Å²) in [5, 5.41) is 0. The van der Waals surface area contributed by atoms with Crippen LogP contribution in [0.2, 0.25) is 0 Å². The Morgan fingerprint density at radius 1 is 1.19 bits per heavy atom. The molecule has 4 nitrogen and oxygen atoms in total. The van der Waals surface area contributed by atoms with E-state index in [-0.39, 0.29) is 18.5 Å². The zero-order chi connectivity index (χ0) is 18.1. The quantitative estimate of drug-likeness (QED) is 0.849. The highest BCUT2D eigenvalue weighted by molar-refractivity contribution is 5.85. The van der Waals surface area contributed by atoms with E-state index in [1.807, 2.05) is 0 Å². The zero-order valence-corrected chi connectivity index (χ0v) is 16.9. The van der Waals surface area contributed by atoms with Crippen LogP contribution < -0.4 is 15.2 Å². The molecule has 1 fully saturated rings. The van der Waals surface area contributed by atoms with Gasteiger partial charge in [0.05, 0.1) is 7.11 Å². The van der Waals surface area contributed by atoms with Gasteiger partial charge in [-0.2, -0.15) is 0 Å². The summed E-state index contributed by atoms with van der Waals surface area (Å²) in [6, 6.07) is 15.0. The molecular formula is C22H29ClN2O2.